The Morgan fingerprint density at radius 2 is 2.10 bits per heavy atom. The quantitative estimate of drug-likeness (QED) is 0.879. The van der Waals surface area contributed by atoms with Gasteiger partial charge < -0.3 is 15.0 Å². The van der Waals surface area contributed by atoms with Crippen molar-refractivity contribution in [3.05, 3.63) is 36.0 Å². The summed E-state index contributed by atoms with van der Waals surface area (Å²) in [6.45, 7) is 4.29. The molecule has 2 rings (SSSR count). The molecule has 1 aromatic heterocycles. The van der Waals surface area contributed by atoms with Gasteiger partial charge in [0.2, 0.25) is 0 Å². The second-order valence-electron chi connectivity index (χ2n) is 5.31. The molecule has 2 N–H and O–H groups in total. The van der Waals surface area contributed by atoms with E-state index in [0.29, 0.717) is 5.69 Å². The molecule has 20 heavy (non-hydrogen) atoms. The number of nitrogens with one attached hydrogen (secondary N) is 1. The highest BCUT2D eigenvalue weighted by Crippen LogP contribution is 2.18. The maximum Gasteiger partial charge on any atom is 0.268 e. The highest BCUT2D eigenvalue weighted by atomic mass is 16.3. The fraction of sp³-hybridized carbons (Fsp3) is 0.438. The minimum Gasteiger partial charge on any atom is -0.391 e. The van der Waals surface area contributed by atoms with E-state index in [-0.39, 0.29) is 18.4 Å². The number of aliphatic hydroxyl groups is 1. The van der Waals surface area contributed by atoms with Gasteiger partial charge in [-0.05, 0) is 18.1 Å². The smallest absolute Gasteiger partial charge is 0.268 e. The van der Waals surface area contributed by atoms with E-state index < -0.39 is 6.10 Å². The fourth-order valence-electron chi connectivity index (χ4n) is 2.27. The topological polar surface area (TPSA) is 54.3 Å². The normalized spacial score (nSPS) is 14.2. The van der Waals surface area contributed by atoms with Gasteiger partial charge in [-0.25, -0.2) is 0 Å². The first-order chi connectivity index (χ1) is 9.54. The zero-order chi connectivity index (χ0) is 14.7. The van der Waals surface area contributed by atoms with E-state index in [1.807, 2.05) is 55.8 Å². The van der Waals surface area contributed by atoms with Crippen molar-refractivity contribution < 1.29 is 9.90 Å². The molecule has 4 heteroatoms. The van der Waals surface area contributed by atoms with Crippen molar-refractivity contribution in [1.29, 1.82) is 0 Å². The van der Waals surface area contributed by atoms with Gasteiger partial charge in [0.25, 0.3) is 5.91 Å². The molecule has 0 fully saturated rings. The molecule has 2 aromatic rings. The monoisotopic (exact) mass is 274 g/mol. The van der Waals surface area contributed by atoms with Gasteiger partial charge in [0.1, 0.15) is 5.69 Å². The van der Waals surface area contributed by atoms with Crippen molar-refractivity contribution in [1.82, 2.24) is 9.88 Å². The number of amides is 1. The Bertz CT molecular complexity index is 604. The molecule has 1 heterocycles. The van der Waals surface area contributed by atoms with Gasteiger partial charge in [0, 0.05) is 24.5 Å². The van der Waals surface area contributed by atoms with Crippen LogP contribution in [0.4, 0.5) is 0 Å². The number of rotatable bonds is 5. The van der Waals surface area contributed by atoms with Gasteiger partial charge in [-0.2, -0.15) is 0 Å². The molecule has 0 spiro atoms. The van der Waals surface area contributed by atoms with Crippen LogP contribution in [0.25, 0.3) is 10.9 Å². The lowest BCUT2D eigenvalue weighted by atomic mass is 10.0. The zero-order valence-corrected chi connectivity index (χ0v) is 12.3. The number of aromatic nitrogens is 1. The third-order valence-corrected chi connectivity index (χ3v) is 3.96. The molecule has 0 aliphatic rings. The van der Waals surface area contributed by atoms with E-state index in [9.17, 15) is 9.90 Å². The minimum atomic E-state index is -0.501. The number of fused-ring (bicyclic) bond motifs is 1. The molecule has 0 aliphatic carbocycles. The molecule has 0 bridgehead atoms. The molecule has 1 amide bonds. The van der Waals surface area contributed by atoms with E-state index in [1.165, 1.54) is 0 Å². The SMILES string of the molecule is CCC(C)C(O)CNC(=O)c1cc2ccccc2n1C. The van der Waals surface area contributed by atoms with Crippen molar-refractivity contribution in [2.24, 2.45) is 13.0 Å². The number of aryl methyl sites for hydroxylation is 1. The van der Waals surface area contributed by atoms with E-state index in [2.05, 4.69) is 5.32 Å². The maximum atomic E-state index is 12.2. The van der Waals surface area contributed by atoms with Crippen molar-refractivity contribution >= 4 is 16.8 Å². The minimum absolute atomic E-state index is 0.147. The first-order valence-corrected chi connectivity index (χ1v) is 7.05. The van der Waals surface area contributed by atoms with E-state index >= 15 is 0 Å². The van der Waals surface area contributed by atoms with Crippen LogP contribution in [0.5, 0.6) is 0 Å². The second kappa shape index (κ2) is 6.09. The number of benzene rings is 1. The van der Waals surface area contributed by atoms with Crippen LogP contribution in [0.1, 0.15) is 30.8 Å². The molecule has 4 nitrogen and oxygen atoms in total. The largest absolute Gasteiger partial charge is 0.391 e. The molecular weight excluding hydrogens is 252 g/mol. The lowest BCUT2D eigenvalue weighted by Crippen LogP contribution is -2.36. The number of hydrogen-bond donors (Lipinski definition) is 2. The molecule has 0 aliphatic heterocycles. The third kappa shape index (κ3) is 2.85. The third-order valence-electron chi connectivity index (χ3n) is 3.96. The predicted molar refractivity (Wildman–Crippen MR) is 80.7 cm³/mol. The van der Waals surface area contributed by atoms with Crippen LogP contribution in [0.3, 0.4) is 0 Å². The lowest BCUT2D eigenvalue weighted by Gasteiger charge is -2.17. The maximum absolute atomic E-state index is 12.2. The molecule has 0 saturated carbocycles. The zero-order valence-electron chi connectivity index (χ0n) is 12.3. The van der Waals surface area contributed by atoms with Gasteiger partial charge in [0.05, 0.1) is 6.10 Å². The molecule has 108 valence electrons. The molecular formula is C16H22N2O2. The van der Waals surface area contributed by atoms with Gasteiger partial charge >= 0.3 is 0 Å². The van der Waals surface area contributed by atoms with Crippen LogP contribution >= 0.6 is 0 Å². The summed E-state index contributed by atoms with van der Waals surface area (Å²) in [4.78, 5) is 12.2. The van der Waals surface area contributed by atoms with Crippen LogP contribution in [-0.2, 0) is 7.05 Å². The Morgan fingerprint density at radius 3 is 2.75 bits per heavy atom. The fourth-order valence-corrected chi connectivity index (χ4v) is 2.27. The molecule has 2 unspecified atom stereocenters. The second-order valence-corrected chi connectivity index (χ2v) is 5.31. The lowest BCUT2D eigenvalue weighted by molar-refractivity contribution is 0.0843. The highest BCUT2D eigenvalue weighted by molar-refractivity contribution is 5.98. The van der Waals surface area contributed by atoms with Gasteiger partial charge in [-0.15, -0.1) is 0 Å². The average Bonchev–Trinajstić information content (AvgIpc) is 2.81. The summed E-state index contributed by atoms with van der Waals surface area (Å²) >= 11 is 0. The van der Waals surface area contributed by atoms with Crippen LogP contribution in [0.15, 0.2) is 30.3 Å². The molecule has 1 aromatic carbocycles. The standard InChI is InChI=1S/C16H22N2O2/c1-4-11(2)15(19)10-17-16(20)14-9-12-7-5-6-8-13(12)18(14)3/h5-9,11,15,19H,4,10H2,1-3H3,(H,17,20). The van der Waals surface area contributed by atoms with Gasteiger partial charge in [0.15, 0.2) is 0 Å². The molecule has 2 atom stereocenters. The Kier molecular flexibility index (Phi) is 4.45. The summed E-state index contributed by atoms with van der Waals surface area (Å²) in [6, 6.07) is 9.76. The summed E-state index contributed by atoms with van der Waals surface area (Å²) in [5, 5.41) is 13.8. The number of hydrogen-bond acceptors (Lipinski definition) is 2. The number of para-hydroxylation sites is 1. The summed E-state index contributed by atoms with van der Waals surface area (Å²) in [6.07, 6.45) is 0.393. The number of nitrogens with zero attached hydrogens (tertiary/aromatic N) is 1. The first kappa shape index (κ1) is 14.6. The van der Waals surface area contributed by atoms with E-state index in [4.69, 9.17) is 0 Å². The number of carbonyl (C=O) groups excluding carboxylic acids is 1. The number of carbonyl (C=O) groups is 1. The Hall–Kier alpha value is -1.81. The van der Waals surface area contributed by atoms with Crippen LogP contribution in [0.2, 0.25) is 0 Å². The van der Waals surface area contributed by atoms with Gasteiger partial charge in [-0.1, -0.05) is 38.5 Å². The van der Waals surface area contributed by atoms with Crippen LogP contribution in [0, 0.1) is 5.92 Å². The average molecular weight is 274 g/mol. The van der Waals surface area contributed by atoms with E-state index in [1.54, 1.807) is 0 Å². The Balaban J connectivity index is 2.10. The molecule has 0 saturated heterocycles. The summed E-state index contributed by atoms with van der Waals surface area (Å²) in [5.41, 5.74) is 1.64. The molecule has 0 radical (unpaired) electrons. The first-order valence-electron chi connectivity index (χ1n) is 7.05. The van der Waals surface area contributed by atoms with Crippen molar-refractivity contribution in [2.45, 2.75) is 26.4 Å². The predicted octanol–water partition coefficient (Wildman–Crippen LogP) is 2.32. The Morgan fingerprint density at radius 1 is 1.40 bits per heavy atom. The summed E-state index contributed by atoms with van der Waals surface area (Å²) in [7, 11) is 1.88. The summed E-state index contributed by atoms with van der Waals surface area (Å²) < 4.78 is 1.88. The Labute approximate surface area is 119 Å². The summed E-state index contributed by atoms with van der Waals surface area (Å²) in [5.74, 6) is 0.0360. The number of aliphatic hydroxyl groups excluding tert-OH is 1. The van der Waals surface area contributed by atoms with Crippen LogP contribution in [-0.4, -0.2) is 28.2 Å². The van der Waals surface area contributed by atoms with Crippen LogP contribution < -0.4 is 5.32 Å². The van der Waals surface area contributed by atoms with E-state index in [0.717, 1.165) is 17.3 Å². The van der Waals surface area contributed by atoms with Gasteiger partial charge in [-0.3, -0.25) is 4.79 Å². The van der Waals surface area contributed by atoms with Crippen molar-refractivity contribution in [3.8, 4) is 0 Å². The van der Waals surface area contributed by atoms with Crippen molar-refractivity contribution in [2.75, 3.05) is 6.54 Å². The highest BCUT2D eigenvalue weighted by Gasteiger charge is 2.16. The van der Waals surface area contributed by atoms with Crippen molar-refractivity contribution in [3.63, 3.8) is 0 Å².